The molecule has 5 heteroatoms. The molecule has 5 nitrogen and oxygen atoms in total. The summed E-state index contributed by atoms with van der Waals surface area (Å²) in [6.45, 7) is 6.04. The number of piperazine rings is 1. The lowest BCUT2D eigenvalue weighted by Gasteiger charge is -2.27. The third-order valence-corrected chi connectivity index (χ3v) is 3.71. The highest BCUT2D eigenvalue weighted by Gasteiger charge is 2.11. The van der Waals surface area contributed by atoms with Gasteiger partial charge in [-0.15, -0.1) is 0 Å². The minimum absolute atomic E-state index is 0.674. The predicted octanol–water partition coefficient (Wildman–Crippen LogP) is 1.12. The van der Waals surface area contributed by atoms with Gasteiger partial charge in [0, 0.05) is 39.1 Å². The number of aromatic nitrogens is 1. The second-order valence-corrected chi connectivity index (χ2v) is 5.33. The zero-order valence-corrected chi connectivity index (χ0v) is 11.8. The van der Waals surface area contributed by atoms with E-state index in [0.717, 1.165) is 62.6 Å². The van der Waals surface area contributed by atoms with Crippen LogP contribution in [-0.4, -0.2) is 42.6 Å². The van der Waals surface area contributed by atoms with Crippen molar-refractivity contribution in [2.45, 2.75) is 19.4 Å². The molecule has 0 saturated carbocycles. The number of nitrogens with zero attached hydrogens (tertiary/aromatic N) is 2. The molecule has 3 rings (SSSR count). The first-order valence-corrected chi connectivity index (χ1v) is 7.36. The molecule has 0 radical (unpaired) electrons. The van der Waals surface area contributed by atoms with Gasteiger partial charge in [-0.1, -0.05) is 6.07 Å². The molecule has 0 spiro atoms. The van der Waals surface area contributed by atoms with E-state index in [-0.39, 0.29) is 0 Å². The minimum atomic E-state index is 0.674. The zero-order chi connectivity index (χ0) is 13.8. The molecule has 0 amide bonds. The summed E-state index contributed by atoms with van der Waals surface area (Å²) in [6, 6.07) is 6.32. The Morgan fingerprint density at radius 2 is 2.15 bits per heavy atom. The Balaban J connectivity index is 1.72. The molecule has 20 heavy (non-hydrogen) atoms. The fourth-order valence-corrected chi connectivity index (χ4v) is 2.61. The third-order valence-electron chi connectivity index (χ3n) is 3.71. The lowest BCUT2D eigenvalue weighted by molar-refractivity contribution is 0.233. The number of nitrogens with one attached hydrogen (secondary N) is 1. The molecule has 0 unspecified atom stereocenters. The van der Waals surface area contributed by atoms with Gasteiger partial charge in [0.1, 0.15) is 5.52 Å². The van der Waals surface area contributed by atoms with Gasteiger partial charge in [0.2, 0.25) is 0 Å². The molecule has 0 aliphatic carbocycles. The van der Waals surface area contributed by atoms with Gasteiger partial charge < -0.3 is 15.5 Å². The number of hydrogen-bond acceptors (Lipinski definition) is 5. The summed E-state index contributed by atoms with van der Waals surface area (Å²) in [4.78, 5) is 7.02. The normalized spacial score (nSPS) is 16.9. The van der Waals surface area contributed by atoms with E-state index in [1.807, 2.05) is 6.07 Å². The quantitative estimate of drug-likeness (QED) is 0.855. The van der Waals surface area contributed by atoms with E-state index in [1.54, 1.807) is 0 Å². The first-order valence-electron chi connectivity index (χ1n) is 7.36. The minimum Gasteiger partial charge on any atom is -0.441 e. The number of benzene rings is 1. The van der Waals surface area contributed by atoms with Gasteiger partial charge in [-0.05, 0) is 30.7 Å². The van der Waals surface area contributed by atoms with Crippen LogP contribution in [0.5, 0.6) is 0 Å². The Hall–Kier alpha value is -1.43. The molecule has 1 aromatic carbocycles. The van der Waals surface area contributed by atoms with E-state index in [4.69, 9.17) is 10.2 Å². The molecule has 0 atom stereocenters. The highest BCUT2D eigenvalue weighted by molar-refractivity contribution is 5.73. The molecule has 2 aromatic rings. The average Bonchev–Trinajstić information content (AvgIpc) is 2.88. The zero-order valence-electron chi connectivity index (χ0n) is 11.8. The van der Waals surface area contributed by atoms with Gasteiger partial charge >= 0.3 is 0 Å². The number of aryl methyl sites for hydroxylation is 1. The molecule has 1 aliphatic rings. The van der Waals surface area contributed by atoms with Crippen LogP contribution in [0, 0.1) is 0 Å². The second kappa shape index (κ2) is 6.35. The summed E-state index contributed by atoms with van der Waals surface area (Å²) in [5, 5.41) is 3.37. The smallest absolute Gasteiger partial charge is 0.195 e. The van der Waals surface area contributed by atoms with Crippen LogP contribution in [-0.2, 0) is 13.0 Å². The van der Waals surface area contributed by atoms with E-state index < -0.39 is 0 Å². The molecule has 1 aliphatic heterocycles. The Kier molecular flexibility index (Phi) is 4.30. The molecule has 1 aromatic heterocycles. The van der Waals surface area contributed by atoms with Crippen LogP contribution in [0.1, 0.15) is 17.9 Å². The fraction of sp³-hybridized carbons (Fsp3) is 0.533. The highest BCUT2D eigenvalue weighted by Crippen LogP contribution is 2.19. The van der Waals surface area contributed by atoms with Crippen LogP contribution in [0.15, 0.2) is 22.6 Å². The summed E-state index contributed by atoms with van der Waals surface area (Å²) >= 11 is 0. The SMILES string of the molecule is NCCCc1nc2cc(CN3CCNCC3)ccc2o1. The maximum atomic E-state index is 5.72. The maximum Gasteiger partial charge on any atom is 0.195 e. The van der Waals surface area contributed by atoms with Crippen molar-refractivity contribution in [1.82, 2.24) is 15.2 Å². The first kappa shape index (κ1) is 13.5. The van der Waals surface area contributed by atoms with Gasteiger partial charge in [-0.25, -0.2) is 4.98 Å². The summed E-state index contributed by atoms with van der Waals surface area (Å²) in [5.74, 6) is 0.796. The van der Waals surface area contributed by atoms with Gasteiger partial charge in [-0.2, -0.15) is 0 Å². The number of hydrogen-bond donors (Lipinski definition) is 2. The van der Waals surface area contributed by atoms with E-state index in [0.29, 0.717) is 6.54 Å². The lowest BCUT2D eigenvalue weighted by atomic mass is 10.2. The van der Waals surface area contributed by atoms with Crippen LogP contribution in [0.2, 0.25) is 0 Å². The Morgan fingerprint density at radius 3 is 2.95 bits per heavy atom. The number of nitrogens with two attached hydrogens (primary N) is 1. The van der Waals surface area contributed by atoms with Crippen molar-refractivity contribution in [1.29, 1.82) is 0 Å². The van der Waals surface area contributed by atoms with E-state index in [2.05, 4.69) is 27.3 Å². The van der Waals surface area contributed by atoms with Crippen molar-refractivity contribution in [3.63, 3.8) is 0 Å². The number of rotatable bonds is 5. The van der Waals surface area contributed by atoms with Crippen LogP contribution < -0.4 is 11.1 Å². The molecule has 108 valence electrons. The van der Waals surface area contributed by atoms with Crippen LogP contribution in [0.25, 0.3) is 11.1 Å². The summed E-state index contributed by atoms with van der Waals surface area (Å²) in [7, 11) is 0. The van der Waals surface area contributed by atoms with Crippen molar-refractivity contribution in [2.24, 2.45) is 5.73 Å². The monoisotopic (exact) mass is 274 g/mol. The van der Waals surface area contributed by atoms with Gasteiger partial charge in [0.25, 0.3) is 0 Å². The van der Waals surface area contributed by atoms with E-state index in [1.165, 1.54) is 5.56 Å². The van der Waals surface area contributed by atoms with Crippen molar-refractivity contribution < 1.29 is 4.42 Å². The molecule has 3 N–H and O–H groups in total. The van der Waals surface area contributed by atoms with E-state index >= 15 is 0 Å². The Morgan fingerprint density at radius 1 is 1.30 bits per heavy atom. The largest absolute Gasteiger partial charge is 0.441 e. The topological polar surface area (TPSA) is 67.3 Å². The summed E-state index contributed by atoms with van der Waals surface area (Å²) in [5.41, 5.74) is 8.66. The maximum absolute atomic E-state index is 5.72. The standard InChI is InChI=1S/C15H22N4O/c16-5-1-2-15-18-13-10-12(3-4-14(13)20-15)11-19-8-6-17-7-9-19/h3-4,10,17H,1-2,5-9,11,16H2. The van der Waals surface area contributed by atoms with Gasteiger partial charge in [0.05, 0.1) is 0 Å². The first-order chi connectivity index (χ1) is 9.85. The predicted molar refractivity (Wildman–Crippen MR) is 79.5 cm³/mol. The summed E-state index contributed by atoms with van der Waals surface area (Å²) in [6.07, 6.45) is 1.73. The number of oxazole rings is 1. The summed E-state index contributed by atoms with van der Waals surface area (Å²) < 4.78 is 5.72. The van der Waals surface area contributed by atoms with E-state index in [9.17, 15) is 0 Å². The molecule has 1 fully saturated rings. The molecule has 0 bridgehead atoms. The van der Waals surface area contributed by atoms with Crippen molar-refractivity contribution in [3.05, 3.63) is 29.7 Å². The average molecular weight is 274 g/mol. The third kappa shape index (κ3) is 3.17. The number of fused-ring (bicyclic) bond motifs is 1. The highest BCUT2D eigenvalue weighted by atomic mass is 16.3. The Bertz CT molecular complexity index is 560. The van der Waals surface area contributed by atoms with Crippen molar-refractivity contribution >= 4 is 11.1 Å². The van der Waals surface area contributed by atoms with Gasteiger partial charge in [-0.3, -0.25) is 4.90 Å². The Labute approximate surface area is 119 Å². The fourth-order valence-electron chi connectivity index (χ4n) is 2.61. The van der Waals surface area contributed by atoms with Gasteiger partial charge in [0.15, 0.2) is 11.5 Å². The van der Waals surface area contributed by atoms with Crippen LogP contribution >= 0.6 is 0 Å². The van der Waals surface area contributed by atoms with Crippen molar-refractivity contribution in [2.75, 3.05) is 32.7 Å². The second-order valence-electron chi connectivity index (χ2n) is 5.33. The molecular formula is C15H22N4O. The molecular weight excluding hydrogens is 252 g/mol. The van der Waals surface area contributed by atoms with Crippen LogP contribution in [0.4, 0.5) is 0 Å². The molecule has 2 heterocycles. The molecule has 1 saturated heterocycles. The van der Waals surface area contributed by atoms with Crippen LogP contribution in [0.3, 0.4) is 0 Å². The van der Waals surface area contributed by atoms with Crippen molar-refractivity contribution in [3.8, 4) is 0 Å². The lowest BCUT2D eigenvalue weighted by Crippen LogP contribution is -2.42.